The predicted molar refractivity (Wildman–Crippen MR) is 71.6 cm³/mol. The zero-order valence-corrected chi connectivity index (χ0v) is 11.2. The molecule has 1 aliphatic carbocycles. The van der Waals surface area contributed by atoms with Gasteiger partial charge in [-0.25, -0.2) is 5.43 Å². The summed E-state index contributed by atoms with van der Waals surface area (Å²) in [6.07, 6.45) is 8.54. The van der Waals surface area contributed by atoms with Crippen molar-refractivity contribution >= 4 is 5.78 Å². The molecule has 0 amide bonds. The largest absolute Gasteiger partial charge is 0.435 e. The Morgan fingerprint density at radius 3 is 2.86 bits per heavy atom. The highest BCUT2D eigenvalue weighted by atomic mass is 19.3. The molecular weight excluding hydrogens is 282 g/mol. The summed E-state index contributed by atoms with van der Waals surface area (Å²) in [7, 11) is 0. The van der Waals surface area contributed by atoms with Gasteiger partial charge in [-0.1, -0.05) is 17.7 Å². The number of hydrazine groups is 1. The number of alkyl halides is 2. The number of carbonyl (C=O) groups excluding carboxylic acids is 1. The van der Waals surface area contributed by atoms with Crippen LogP contribution in [-0.4, -0.2) is 23.7 Å². The number of rotatable bonds is 5. The molecule has 0 aromatic heterocycles. The average Bonchev–Trinajstić information content (AvgIpc) is 2.65. The number of hydrogen-bond donors (Lipinski definition) is 3. The maximum atomic E-state index is 12.1. The molecule has 114 valence electrons. The van der Waals surface area contributed by atoms with Gasteiger partial charge in [0.1, 0.15) is 5.76 Å². The molecule has 7 heteroatoms. The van der Waals surface area contributed by atoms with Crippen molar-refractivity contribution in [1.29, 1.82) is 0 Å². The average molecular weight is 298 g/mol. The van der Waals surface area contributed by atoms with Crippen LogP contribution >= 0.6 is 0 Å². The van der Waals surface area contributed by atoms with Gasteiger partial charge < -0.3 is 15.3 Å². The van der Waals surface area contributed by atoms with Gasteiger partial charge in [-0.15, -0.1) is 0 Å². The van der Waals surface area contributed by atoms with Crippen molar-refractivity contribution < 1.29 is 23.4 Å². The highest BCUT2D eigenvalue weighted by Gasteiger charge is 2.18. The maximum Gasteiger partial charge on any atom is 0.387 e. The van der Waals surface area contributed by atoms with Gasteiger partial charge in [0.2, 0.25) is 5.78 Å². The first-order valence-electron chi connectivity index (χ1n) is 6.50. The standard InChI is InChI=1S/C14H16F2N2O3/c15-14(16)21-11-3-1-2-9(5-7-11)4-6-10-8-12(19)13(20)18-17-10/h2-3,5,7-8,13-14,17-18,20H,1,4,6H2. The smallest absolute Gasteiger partial charge is 0.387 e. The van der Waals surface area contributed by atoms with Crippen molar-refractivity contribution in [3.8, 4) is 0 Å². The van der Waals surface area contributed by atoms with E-state index in [1.54, 1.807) is 12.2 Å². The van der Waals surface area contributed by atoms with Crippen molar-refractivity contribution in [2.75, 3.05) is 0 Å². The molecule has 1 atom stereocenters. The lowest BCUT2D eigenvalue weighted by atomic mass is 10.1. The summed E-state index contributed by atoms with van der Waals surface area (Å²) in [5.41, 5.74) is 6.81. The van der Waals surface area contributed by atoms with Crippen LogP contribution < -0.4 is 10.9 Å². The van der Waals surface area contributed by atoms with Gasteiger partial charge in [0.25, 0.3) is 0 Å². The van der Waals surface area contributed by atoms with E-state index in [-0.39, 0.29) is 5.76 Å². The van der Waals surface area contributed by atoms with Crippen LogP contribution in [0.4, 0.5) is 8.78 Å². The van der Waals surface area contributed by atoms with Crippen molar-refractivity contribution in [3.63, 3.8) is 0 Å². The molecule has 1 unspecified atom stereocenters. The van der Waals surface area contributed by atoms with Crippen LogP contribution in [0.15, 0.2) is 47.4 Å². The van der Waals surface area contributed by atoms with Crippen LogP contribution in [0, 0.1) is 0 Å². The van der Waals surface area contributed by atoms with Crippen LogP contribution in [0.5, 0.6) is 0 Å². The molecule has 0 saturated carbocycles. The summed E-state index contributed by atoms with van der Waals surface area (Å²) in [6.45, 7) is -2.83. The number of aliphatic hydroxyl groups excluding tert-OH is 1. The second-order valence-corrected chi connectivity index (χ2v) is 4.58. The van der Waals surface area contributed by atoms with Gasteiger partial charge in [0, 0.05) is 11.8 Å². The summed E-state index contributed by atoms with van der Waals surface area (Å²) >= 11 is 0. The van der Waals surface area contributed by atoms with Gasteiger partial charge in [-0.05, 0) is 31.4 Å². The molecule has 21 heavy (non-hydrogen) atoms. The topological polar surface area (TPSA) is 70.6 Å². The highest BCUT2D eigenvalue weighted by Crippen LogP contribution is 2.19. The molecule has 0 spiro atoms. The third kappa shape index (κ3) is 4.80. The van der Waals surface area contributed by atoms with Crippen LogP contribution in [0.1, 0.15) is 19.3 Å². The number of nitrogens with one attached hydrogen (secondary N) is 2. The number of hydrogen-bond acceptors (Lipinski definition) is 5. The molecule has 3 N–H and O–H groups in total. The minimum absolute atomic E-state index is 0.145. The zero-order chi connectivity index (χ0) is 15.2. The number of aliphatic hydroxyl groups is 1. The number of allylic oxidation sites excluding steroid dienone is 6. The molecule has 2 aliphatic rings. The quantitative estimate of drug-likeness (QED) is 0.720. The second kappa shape index (κ2) is 7.14. The Hall–Kier alpha value is -1.99. The number of ketones is 1. The third-order valence-corrected chi connectivity index (χ3v) is 3.02. The summed E-state index contributed by atoms with van der Waals surface area (Å²) in [5.74, 6) is -0.255. The zero-order valence-electron chi connectivity index (χ0n) is 11.2. The first-order chi connectivity index (χ1) is 10.0. The van der Waals surface area contributed by atoms with E-state index in [1.807, 2.05) is 6.08 Å². The summed E-state index contributed by atoms with van der Waals surface area (Å²) < 4.78 is 28.6. The Kier molecular flexibility index (Phi) is 5.24. The van der Waals surface area contributed by atoms with E-state index in [9.17, 15) is 18.7 Å². The molecule has 1 aliphatic heterocycles. The summed E-state index contributed by atoms with van der Waals surface area (Å²) in [4.78, 5) is 11.3. The lowest BCUT2D eigenvalue weighted by Crippen LogP contribution is -2.48. The fourth-order valence-electron chi connectivity index (χ4n) is 1.96. The van der Waals surface area contributed by atoms with E-state index >= 15 is 0 Å². The van der Waals surface area contributed by atoms with Crippen molar-refractivity contribution in [1.82, 2.24) is 10.9 Å². The van der Waals surface area contributed by atoms with E-state index < -0.39 is 18.6 Å². The highest BCUT2D eigenvalue weighted by molar-refractivity contribution is 5.94. The Labute approximate surface area is 120 Å². The number of halogens is 2. The number of carbonyl (C=O) groups is 1. The first kappa shape index (κ1) is 15.4. The normalized spacial score (nSPS) is 22.2. The lowest BCUT2D eigenvalue weighted by molar-refractivity contribution is -0.125. The minimum Gasteiger partial charge on any atom is -0.435 e. The minimum atomic E-state index is -2.83. The van der Waals surface area contributed by atoms with Crippen LogP contribution in [-0.2, 0) is 9.53 Å². The van der Waals surface area contributed by atoms with Crippen LogP contribution in [0.2, 0.25) is 0 Å². The van der Waals surface area contributed by atoms with Gasteiger partial charge in [-0.3, -0.25) is 4.79 Å². The Bertz CT molecular complexity index is 524. The van der Waals surface area contributed by atoms with Crippen molar-refractivity contribution in [3.05, 3.63) is 47.4 Å². The molecule has 0 aromatic rings. The fourth-order valence-corrected chi connectivity index (χ4v) is 1.96. The van der Waals surface area contributed by atoms with Gasteiger partial charge >= 0.3 is 6.61 Å². The Balaban J connectivity index is 1.86. The second-order valence-electron chi connectivity index (χ2n) is 4.58. The van der Waals surface area contributed by atoms with Gasteiger partial charge in [-0.2, -0.15) is 8.78 Å². The molecule has 0 saturated heterocycles. The van der Waals surface area contributed by atoms with Gasteiger partial charge in [0.05, 0.1) is 0 Å². The Morgan fingerprint density at radius 1 is 1.33 bits per heavy atom. The molecule has 2 rings (SSSR count). The SMILES string of the molecule is O=C1C=C(CCC2=CCC=C(OC(F)F)C=C2)NNC1O. The molecule has 0 bridgehead atoms. The molecule has 0 aromatic carbocycles. The van der Waals surface area contributed by atoms with E-state index in [0.29, 0.717) is 25.0 Å². The fraction of sp³-hybridized carbons (Fsp3) is 0.357. The van der Waals surface area contributed by atoms with Crippen molar-refractivity contribution in [2.45, 2.75) is 32.1 Å². The lowest BCUT2D eigenvalue weighted by Gasteiger charge is -2.20. The molecule has 5 nitrogen and oxygen atoms in total. The molecule has 0 radical (unpaired) electrons. The van der Waals surface area contributed by atoms with E-state index in [4.69, 9.17) is 0 Å². The maximum absolute atomic E-state index is 12.1. The molecular formula is C14H16F2N2O3. The van der Waals surface area contributed by atoms with E-state index in [0.717, 1.165) is 5.57 Å². The summed E-state index contributed by atoms with van der Waals surface area (Å²) in [6, 6.07) is 0. The number of ether oxygens (including phenoxy) is 1. The third-order valence-electron chi connectivity index (χ3n) is 3.02. The Morgan fingerprint density at radius 2 is 2.14 bits per heavy atom. The molecule has 0 fully saturated rings. The first-order valence-corrected chi connectivity index (χ1v) is 6.50. The predicted octanol–water partition coefficient (Wildman–Crippen LogP) is 1.66. The monoisotopic (exact) mass is 298 g/mol. The van der Waals surface area contributed by atoms with Crippen LogP contribution in [0.3, 0.4) is 0 Å². The van der Waals surface area contributed by atoms with Crippen LogP contribution in [0.25, 0.3) is 0 Å². The van der Waals surface area contributed by atoms with Crippen molar-refractivity contribution in [2.24, 2.45) is 0 Å². The summed E-state index contributed by atoms with van der Waals surface area (Å²) in [5, 5.41) is 9.18. The van der Waals surface area contributed by atoms with E-state index in [2.05, 4.69) is 15.6 Å². The molecule has 1 heterocycles. The van der Waals surface area contributed by atoms with E-state index in [1.165, 1.54) is 12.2 Å². The van der Waals surface area contributed by atoms with Gasteiger partial charge in [0.15, 0.2) is 6.23 Å².